The summed E-state index contributed by atoms with van der Waals surface area (Å²) < 4.78 is 0. The van der Waals surface area contributed by atoms with Gasteiger partial charge in [-0.15, -0.1) is 0 Å². The van der Waals surface area contributed by atoms with Crippen LogP contribution < -0.4 is 11.5 Å². The van der Waals surface area contributed by atoms with E-state index in [4.69, 9.17) is 23.7 Å². The van der Waals surface area contributed by atoms with Crippen LogP contribution in [0.2, 0.25) is 0 Å². The number of primary amides is 1. The molecule has 1 aliphatic rings. The Hall–Kier alpha value is -0.720. The fraction of sp³-hybridized carbons (Fsp3) is 0.818. The van der Waals surface area contributed by atoms with Crippen molar-refractivity contribution in [1.29, 1.82) is 0 Å². The lowest BCUT2D eigenvalue weighted by atomic mass is 10.1. The minimum absolute atomic E-state index is 0.0884. The fourth-order valence-electron chi connectivity index (χ4n) is 1.99. The predicted octanol–water partition coefficient (Wildman–Crippen LogP) is -0.600. The number of piperazine rings is 1. The Labute approximate surface area is 108 Å². The number of nitrogens with zero attached hydrogens (tertiary/aromatic N) is 2. The van der Waals surface area contributed by atoms with E-state index in [1.807, 2.05) is 13.8 Å². The highest BCUT2D eigenvalue weighted by molar-refractivity contribution is 7.80. The van der Waals surface area contributed by atoms with Crippen LogP contribution in [0.1, 0.15) is 13.8 Å². The van der Waals surface area contributed by atoms with E-state index in [-0.39, 0.29) is 17.9 Å². The van der Waals surface area contributed by atoms with Gasteiger partial charge in [0.15, 0.2) is 0 Å². The maximum absolute atomic E-state index is 11.0. The molecule has 1 saturated heterocycles. The van der Waals surface area contributed by atoms with Gasteiger partial charge in [-0.05, 0) is 6.92 Å². The summed E-state index contributed by atoms with van der Waals surface area (Å²) in [4.78, 5) is 16.1. The molecule has 0 aromatic heterocycles. The number of nitrogens with two attached hydrogens (primary N) is 2. The number of rotatable bonds is 5. The third kappa shape index (κ3) is 4.22. The largest absolute Gasteiger partial charge is 0.392 e. The number of hydrogen-bond acceptors (Lipinski definition) is 4. The molecule has 5 nitrogen and oxygen atoms in total. The molecule has 0 radical (unpaired) electrons. The monoisotopic (exact) mass is 258 g/mol. The molecule has 2 unspecified atom stereocenters. The van der Waals surface area contributed by atoms with Gasteiger partial charge in [0.2, 0.25) is 5.91 Å². The highest BCUT2D eigenvalue weighted by atomic mass is 32.1. The van der Waals surface area contributed by atoms with Crippen LogP contribution in [0.15, 0.2) is 0 Å². The van der Waals surface area contributed by atoms with Crippen molar-refractivity contribution in [2.24, 2.45) is 17.4 Å². The van der Waals surface area contributed by atoms with Gasteiger partial charge >= 0.3 is 0 Å². The summed E-state index contributed by atoms with van der Waals surface area (Å²) in [6, 6.07) is 0.153. The van der Waals surface area contributed by atoms with Crippen molar-refractivity contribution in [3.05, 3.63) is 0 Å². The smallest absolute Gasteiger partial charge is 0.221 e. The Kier molecular flexibility index (Phi) is 5.30. The Morgan fingerprint density at radius 1 is 1.24 bits per heavy atom. The lowest BCUT2D eigenvalue weighted by molar-refractivity contribution is -0.122. The highest BCUT2D eigenvalue weighted by Crippen LogP contribution is 2.08. The Bertz CT molecular complexity index is 289. The fourth-order valence-corrected chi connectivity index (χ4v) is 2.14. The molecule has 1 fully saturated rings. The first-order valence-electron chi connectivity index (χ1n) is 5.97. The number of amides is 1. The summed E-state index contributed by atoms with van der Waals surface area (Å²) in [5.74, 6) is -0.321. The van der Waals surface area contributed by atoms with E-state index in [1.54, 1.807) is 0 Å². The van der Waals surface area contributed by atoms with Crippen molar-refractivity contribution in [2.45, 2.75) is 19.9 Å². The van der Waals surface area contributed by atoms with Gasteiger partial charge in [0.05, 0.1) is 11.0 Å². The molecule has 0 aliphatic carbocycles. The van der Waals surface area contributed by atoms with Crippen LogP contribution in [-0.4, -0.2) is 59.5 Å². The number of carbonyl (C=O) groups excluding carboxylic acids is 1. The molecule has 6 heteroatoms. The average molecular weight is 258 g/mol. The molecule has 0 saturated carbocycles. The van der Waals surface area contributed by atoms with E-state index in [2.05, 4.69) is 9.80 Å². The van der Waals surface area contributed by atoms with Gasteiger partial charge in [-0.25, -0.2) is 0 Å². The first-order valence-corrected chi connectivity index (χ1v) is 6.37. The summed E-state index contributed by atoms with van der Waals surface area (Å²) in [6.45, 7) is 8.38. The van der Waals surface area contributed by atoms with Gasteiger partial charge in [-0.1, -0.05) is 19.1 Å². The second kappa shape index (κ2) is 6.28. The lowest BCUT2D eigenvalue weighted by Crippen LogP contribution is -2.53. The van der Waals surface area contributed by atoms with Gasteiger partial charge in [0, 0.05) is 38.6 Å². The normalized spacial score (nSPS) is 22.0. The molecule has 1 amide bonds. The van der Waals surface area contributed by atoms with E-state index in [0.29, 0.717) is 4.99 Å². The molecule has 17 heavy (non-hydrogen) atoms. The maximum Gasteiger partial charge on any atom is 0.221 e. The Balaban J connectivity index is 2.35. The summed E-state index contributed by atoms with van der Waals surface area (Å²) >= 11 is 4.99. The molecular formula is C11H22N4OS. The number of carbonyl (C=O) groups is 1. The third-order valence-electron chi connectivity index (χ3n) is 3.38. The minimum Gasteiger partial charge on any atom is -0.392 e. The van der Waals surface area contributed by atoms with Crippen LogP contribution in [0.5, 0.6) is 0 Å². The summed E-state index contributed by atoms with van der Waals surface area (Å²) in [5, 5.41) is 0. The summed E-state index contributed by atoms with van der Waals surface area (Å²) in [5.41, 5.74) is 10.9. The summed E-state index contributed by atoms with van der Waals surface area (Å²) in [7, 11) is 0. The van der Waals surface area contributed by atoms with Crippen LogP contribution in [0, 0.1) is 5.92 Å². The topological polar surface area (TPSA) is 75.6 Å². The molecule has 0 aromatic rings. The molecule has 1 heterocycles. The van der Waals surface area contributed by atoms with Gasteiger partial charge in [-0.3, -0.25) is 9.69 Å². The van der Waals surface area contributed by atoms with Gasteiger partial charge in [0.1, 0.15) is 0 Å². The SMILES string of the molecule is CC(CN1CCN(C(C)C(N)=S)CC1)C(N)=O. The summed E-state index contributed by atoms with van der Waals surface area (Å²) in [6.07, 6.45) is 0. The zero-order valence-electron chi connectivity index (χ0n) is 10.6. The van der Waals surface area contributed by atoms with Crippen LogP contribution in [0.3, 0.4) is 0 Å². The number of thiocarbonyl (C=S) groups is 1. The molecule has 4 N–H and O–H groups in total. The van der Waals surface area contributed by atoms with Crippen molar-refractivity contribution in [1.82, 2.24) is 9.80 Å². The first-order chi connectivity index (χ1) is 7.91. The van der Waals surface area contributed by atoms with E-state index in [1.165, 1.54) is 0 Å². The molecule has 0 spiro atoms. The van der Waals surface area contributed by atoms with Gasteiger partial charge in [-0.2, -0.15) is 0 Å². The zero-order chi connectivity index (χ0) is 13.0. The Morgan fingerprint density at radius 3 is 2.18 bits per heavy atom. The molecule has 1 aliphatic heterocycles. The molecule has 1 rings (SSSR count). The average Bonchev–Trinajstić information content (AvgIpc) is 2.28. The Morgan fingerprint density at radius 2 is 1.76 bits per heavy atom. The van der Waals surface area contributed by atoms with Crippen molar-refractivity contribution in [2.75, 3.05) is 32.7 Å². The van der Waals surface area contributed by atoms with E-state index >= 15 is 0 Å². The standard InChI is InChI=1S/C11H22N4OS/c1-8(10(12)16)7-14-3-5-15(6-4-14)9(2)11(13)17/h8-9H,3-7H2,1-2H3,(H2,12,16)(H2,13,17). The van der Waals surface area contributed by atoms with Crippen molar-refractivity contribution in [3.8, 4) is 0 Å². The molecule has 0 bridgehead atoms. The first kappa shape index (κ1) is 14.3. The zero-order valence-corrected chi connectivity index (χ0v) is 11.4. The molecular weight excluding hydrogens is 236 g/mol. The van der Waals surface area contributed by atoms with Crippen LogP contribution in [0.4, 0.5) is 0 Å². The second-order valence-corrected chi connectivity index (χ2v) is 5.19. The van der Waals surface area contributed by atoms with Crippen molar-refractivity contribution < 1.29 is 4.79 Å². The highest BCUT2D eigenvalue weighted by Gasteiger charge is 2.23. The molecule has 2 atom stereocenters. The van der Waals surface area contributed by atoms with Crippen molar-refractivity contribution >= 4 is 23.1 Å². The van der Waals surface area contributed by atoms with Crippen molar-refractivity contribution in [3.63, 3.8) is 0 Å². The van der Waals surface area contributed by atoms with Crippen LogP contribution in [-0.2, 0) is 4.79 Å². The van der Waals surface area contributed by atoms with E-state index in [0.717, 1.165) is 32.7 Å². The second-order valence-electron chi connectivity index (χ2n) is 4.72. The molecule has 0 aromatic carbocycles. The van der Waals surface area contributed by atoms with Crippen LogP contribution >= 0.6 is 12.2 Å². The number of hydrogen-bond donors (Lipinski definition) is 2. The third-order valence-corrected chi connectivity index (χ3v) is 3.73. The van der Waals surface area contributed by atoms with Crippen LogP contribution in [0.25, 0.3) is 0 Å². The van der Waals surface area contributed by atoms with E-state index < -0.39 is 0 Å². The molecule has 98 valence electrons. The van der Waals surface area contributed by atoms with Gasteiger partial charge in [0.25, 0.3) is 0 Å². The predicted molar refractivity (Wildman–Crippen MR) is 72.6 cm³/mol. The quantitative estimate of drug-likeness (QED) is 0.644. The minimum atomic E-state index is -0.232. The maximum atomic E-state index is 11.0. The van der Waals surface area contributed by atoms with E-state index in [9.17, 15) is 4.79 Å². The van der Waals surface area contributed by atoms with Gasteiger partial charge < -0.3 is 16.4 Å². The lowest BCUT2D eigenvalue weighted by Gasteiger charge is -2.38.